The molecule has 0 radical (unpaired) electrons. The minimum absolute atomic E-state index is 0.625. The predicted octanol–water partition coefficient (Wildman–Crippen LogP) is 2.89. The summed E-state index contributed by atoms with van der Waals surface area (Å²) in [5.74, 6) is 0. The molecule has 0 bridgehead atoms. The third-order valence-electron chi connectivity index (χ3n) is 2.15. The molecule has 0 aromatic heterocycles. The molecule has 0 saturated heterocycles. The van der Waals surface area contributed by atoms with Gasteiger partial charge in [0.05, 0.1) is 17.2 Å². The summed E-state index contributed by atoms with van der Waals surface area (Å²) in [5, 5.41) is 21.5. The number of aliphatic hydroxyl groups is 1. The summed E-state index contributed by atoms with van der Waals surface area (Å²) in [5.41, 5.74) is 0.898. The average Bonchev–Trinajstić information content (AvgIpc) is 2.18. The van der Waals surface area contributed by atoms with Gasteiger partial charge in [0, 0.05) is 16.7 Å². The summed E-state index contributed by atoms with van der Waals surface area (Å²) in [6, 6.07) is 7.46. The molecule has 0 aliphatic carbocycles. The quantitative estimate of drug-likeness (QED) is 0.893. The standard InChI is InChI=1S/C12H15BrN2O/c1-12(2,16)5-6-15-11-4-3-9(8-14)7-10(11)13/h3-4,7,15-16H,5-6H2,1-2H3. The lowest BCUT2D eigenvalue weighted by Gasteiger charge is -2.17. The first-order valence-corrected chi connectivity index (χ1v) is 5.87. The van der Waals surface area contributed by atoms with Crippen LogP contribution in [-0.2, 0) is 0 Å². The van der Waals surface area contributed by atoms with E-state index in [1.54, 1.807) is 26.0 Å². The highest BCUT2D eigenvalue weighted by Crippen LogP contribution is 2.23. The number of rotatable bonds is 4. The number of halogens is 1. The van der Waals surface area contributed by atoms with Crippen LogP contribution in [0.1, 0.15) is 25.8 Å². The molecular weight excluding hydrogens is 268 g/mol. The van der Waals surface area contributed by atoms with E-state index >= 15 is 0 Å². The Labute approximate surface area is 104 Å². The largest absolute Gasteiger partial charge is 0.390 e. The molecule has 4 heteroatoms. The van der Waals surface area contributed by atoms with Gasteiger partial charge < -0.3 is 10.4 Å². The normalized spacial score (nSPS) is 10.9. The van der Waals surface area contributed by atoms with E-state index < -0.39 is 5.60 Å². The fourth-order valence-corrected chi connectivity index (χ4v) is 1.75. The monoisotopic (exact) mass is 282 g/mol. The van der Waals surface area contributed by atoms with Crippen molar-refractivity contribution in [3.63, 3.8) is 0 Å². The van der Waals surface area contributed by atoms with Crippen molar-refractivity contribution in [1.29, 1.82) is 5.26 Å². The Morgan fingerprint density at radius 1 is 1.50 bits per heavy atom. The van der Waals surface area contributed by atoms with Crippen molar-refractivity contribution < 1.29 is 5.11 Å². The highest BCUT2D eigenvalue weighted by atomic mass is 79.9. The first-order valence-electron chi connectivity index (χ1n) is 5.08. The first kappa shape index (κ1) is 13.0. The maximum Gasteiger partial charge on any atom is 0.0992 e. The SMILES string of the molecule is CC(C)(O)CCNc1ccc(C#N)cc1Br. The number of nitrogens with zero attached hydrogens (tertiary/aromatic N) is 1. The average molecular weight is 283 g/mol. The van der Waals surface area contributed by atoms with Crippen LogP contribution < -0.4 is 5.32 Å². The number of anilines is 1. The number of hydrogen-bond acceptors (Lipinski definition) is 3. The molecule has 0 fully saturated rings. The molecule has 0 heterocycles. The van der Waals surface area contributed by atoms with Crippen LogP contribution in [0.4, 0.5) is 5.69 Å². The van der Waals surface area contributed by atoms with Gasteiger partial charge in [-0.05, 0) is 54.4 Å². The summed E-state index contributed by atoms with van der Waals surface area (Å²) in [4.78, 5) is 0. The van der Waals surface area contributed by atoms with E-state index in [1.807, 2.05) is 6.07 Å². The fourth-order valence-electron chi connectivity index (χ4n) is 1.23. The fraction of sp³-hybridized carbons (Fsp3) is 0.417. The second-order valence-corrected chi connectivity index (χ2v) is 5.15. The highest BCUT2D eigenvalue weighted by molar-refractivity contribution is 9.10. The van der Waals surface area contributed by atoms with Crippen molar-refractivity contribution in [2.75, 3.05) is 11.9 Å². The summed E-state index contributed by atoms with van der Waals surface area (Å²) in [6.45, 7) is 4.25. The summed E-state index contributed by atoms with van der Waals surface area (Å²) in [7, 11) is 0. The Balaban J connectivity index is 2.59. The Hall–Kier alpha value is -1.05. The van der Waals surface area contributed by atoms with Crippen LogP contribution in [0.15, 0.2) is 22.7 Å². The van der Waals surface area contributed by atoms with E-state index in [0.29, 0.717) is 18.5 Å². The van der Waals surface area contributed by atoms with Crippen LogP contribution in [-0.4, -0.2) is 17.3 Å². The summed E-state index contributed by atoms with van der Waals surface area (Å²) in [6.07, 6.45) is 0.666. The number of nitrogens with one attached hydrogen (secondary N) is 1. The molecule has 1 aromatic carbocycles. The van der Waals surface area contributed by atoms with Gasteiger partial charge in [-0.1, -0.05) is 0 Å². The third kappa shape index (κ3) is 4.21. The topological polar surface area (TPSA) is 56.0 Å². The van der Waals surface area contributed by atoms with E-state index in [4.69, 9.17) is 5.26 Å². The Morgan fingerprint density at radius 3 is 2.69 bits per heavy atom. The molecule has 0 amide bonds. The summed E-state index contributed by atoms with van der Waals surface area (Å²) < 4.78 is 0.863. The van der Waals surface area contributed by atoms with Gasteiger partial charge in [-0.25, -0.2) is 0 Å². The van der Waals surface area contributed by atoms with Gasteiger partial charge in [-0.15, -0.1) is 0 Å². The molecule has 2 N–H and O–H groups in total. The van der Waals surface area contributed by atoms with E-state index in [0.717, 1.165) is 10.2 Å². The van der Waals surface area contributed by atoms with Crippen molar-refractivity contribution in [3.8, 4) is 6.07 Å². The minimum Gasteiger partial charge on any atom is -0.390 e. The maximum absolute atomic E-state index is 9.55. The van der Waals surface area contributed by atoms with Crippen LogP contribution >= 0.6 is 15.9 Å². The molecule has 0 aliphatic rings. The van der Waals surface area contributed by atoms with Crippen molar-refractivity contribution in [2.24, 2.45) is 0 Å². The number of benzene rings is 1. The van der Waals surface area contributed by atoms with Crippen molar-refractivity contribution in [1.82, 2.24) is 0 Å². The van der Waals surface area contributed by atoms with Crippen molar-refractivity contribution in [3.05, 3.63) is 28.2 Å². The Kier molecular flexibility index (Phi) is 4.34. The molecule has 0 spiro atoms. The van der Waals surface area contributed by atoms with E-state index in [1.165, 1.54) is 0 Å². The highest BCUT2D eigenvalue weighted by Gasteiger charge is 2.11. The molecule has 1 aromatic rings. The van der Waals surface area contributed by atoms with Crippen LogP contribution in [0.2, 0.25) is 0 Å². The Bertz CT molecular complexity index is 404. The second kappa shape index (κ2) is 5.33. The smallest absolute Gasteiger partial charge is 0.0992 e. The van der Waals surface area contributed by atoms with E-state index in [2.05, 4.69) is 27.3 Å². The van der Waals surface area contributed by atoms with Crippen molar-refractivity contribution >= 4 is 21.6 Å². The van der Waals surface area contributed by atoms with Gasteiger partial charge >= 0.3 is 0 Å². The molecule has 16 heavy (non-hydrogen) atoms. The van der Waals surface area contributed by atoms with Crippen LogP contribution in [0.3, 0.4) is 0 Å². The lowest BCUT2D eigenvalue weighted by atomic mass is 10.1. The lowest BCUT2D eigenvalue weighted by Crippen LogP contribution is -2.22. The zero-order valence-corrected chi connectivity index (χ0v) is 11.0. The molecule has 0 atom stereocenters. The molecule has 1 rings (SSSR count). The molecule has 0 unspecified atom stereocenters. The summed E-state index contributed by atoms with van der Waals surface area (Å²) >= 11 is 3.39. The van der Waals surface area contributed by atoms with Crippen molar-refractivity contribution in [2.45, 2.75) is 25.9 Å². The zero-order valence-electron chi connectivity index (χ0n) is 9.42. The third-order valence-corrected chi connectivity index (χ3v) is 2.81. The van der Waals surface area contributed by atoms with Gasteiger partial charge in [-0.3, -0.25) is 0 Å². The van der Waals surface area contributed by atoms with E-state index in [-0.39, 0.29) is 0 Å². The predicted molar refractivity (Wildman–Crippen MR) is 68.3 cm³/mol. The molecule has 3 nitrogen and oxygen atoms in total. The van der Waals surface area contributed by atoms with Crippen LogP contribution in [0.25, 0.3) is 0 Å². The van der Waals surface area contributed by atoms with Gasteiger partial charge in [-0.2, -0.15) is 5.26 Å². The molecule has 0 aliphatic heterocycles. The van der Waals surface area contributed by atoms with Gasteiger partial charge in [0.25, 0.3) is 0 Å². The van der Waals surface area contributed by atoms with Gasteiger partial charge in [0.1, 0.15) is 0 Å². The lowest BCUT2D eigenvalue weighted by molar-refractivity contribution is 0.0749. The zero-order chi connectivity index (χ0) is 12.2. The van der Waals surface area contributed by atoms with Gasteiger partial charge in [0.15, 0.2) is 0 Å². The Morgan fingerprint density at radius 2 is 2.19 bits per heavy atom. The minimum atomic E-state index is -0.661. The molecule has 0 saturated carbocycles. The van der Waals surface area contributed by atoms with Gasteiger partial charge in [0.2, 0.25) is 0 Å². The first-order chi connectivity index (χ1) is 7.42. The molecule has 86 valence electrons. The van der Waals surface area contributed by atoms with Crippen LogP contribution in [0, 0.1) is 11.3 Å². The second-order valence-electron chi connectivity index (χ2n) is 4.30. The van der Waals surface area contributed by atoms with Crippen LogP contribution in [0.5, 0.6) is 0 Å². The molecular formula is C12H15BrN2O. The number of hydrogen-bond donors (Lipinski definition) is 2. The number of nitriles is 1. The van der Waals surface area contributed by atoms with E-state index in [9.17, 15) is 5.11 Å². The maximum atomic E-state index is 9.55.